The molecule has 2 heterocycles. The van der Waals surface area contributed by atoms with Gasteiger partial charge in [-0.2, -0.15) is 0 Å². The summed E-state index contributed by atoms with van der Waals surface area (Å²) in [5.74, 6) is 0.152. The molecule has 2 aromatic rings. The number of guanidine groups is 1. The van der Waals surface area contributed by atoms with Gasteiger partial charge in [-0.25, -0.2) is 4.39 Å². The summed E-state index contributed by atoms with van der Waals surface area (Å²) in [4.78, 5) is 32.3. The Morgan fingerprint density at radius 2 is 1.76 bits per heavy atom. The molecule has 0 radical (unpaired) electrons. The number of amides is 2. The van der Waals surface area contributed by atoms with E-state index in [0.29, 0.717) is 43.6 Å². The lowest BCUT2D eigenvalue weighted by Gasteiger charge is -2.36. The van der Waals surface area contributed by atoms with Gasteiger partial charge in [-0.3, -0.25) is 14.6 Å². The molecule has 0 spiro atoms. The molecule has 0 unspecified atom stereocenters. The van der Waals surface area contributed by atoms with Crippen molar-refractivity contribution in [1.82, 2.24) is 15.1 Å². The lowest BCUT2D eigenvalue weighted by molar-refractivity contribution is -0.115. The van der Waals surface area contributed by atoms with Crippen molar-refractivity contribution in [2.75, 3.05) is 45.1 Å². The summed E-state index contributed by atoms with van der Waals surface area (Å²) in [7, 11) is 1.64. The van der Waals surface area contributed by atoms with Crippen molar-refractivity contribution in [1.29, 1.82) is 0 Å². The van der Waals surface area contributed by atoms with Crippen molar-refractivity contribution in [3.8, 4) is 0 Å². The average molecular weight is 515 g/mol. The fourth-order valence-electron chi connectivity index (χ4n) is 2.91. The highest BCUT2D eigenvalue weighted by molar-refractivity contribution is 14.0. The third-order valence-electron chi connectivity index (χ3n) is 4.35. The first kappa shape index (κ1) is 22.7. The fraction of sp³-hybridized carbons (Fsp3) is 0.316. The monoisotopic (exact) mass is 515 g/mol. The zero-order chi connectivity index (χ0) is 19.9. The van der Waals surface area contributed by atoms with Crippen LogP contribution in [-0.2, 0) is 4.79 Å². The SMILES string of the molecule is CN=C(NCC(=O)Nc1ccc(F)cc1)N1CCN(C(=O)c2ccco2)CC1.I. The topological polar surface area (TPSA) is 90.2 Å². The molecule has 29 heavy (non-hydrogen) atoms. The van der Waals surface area contributed by atoms with E-state index in [-0.39, 0.29) is 48.2 Å². The normalized spacial score (nSPS) is 14.2. The standard InChI is InChI=1S/C19H22FN5O3.HI/c1-21-19(22-13-17(26)23-15-6-4-14(20)5-7-15)25-10-8-24(9-11-25)18(27)16-3-2-12-28-16;/h2-7,12H,8-11,13H2,1H3,(H,21,22)(H,23,26);1H. The number of carbonyl (C=O) groups is 2. The van der Waals surface area contributed by atoms with E-state index in [0.717, 1.165) is 0 Å². The zero-order valence-corrected chi connectivity index (χ0v) is 18.3. The number of rotatable bonds is 4. The van der Waals surface area contributed by atoms with Gasteiger partial charge < -0.3 is 24.9 Å². The van der Waals surface area contributed by atoms with E-state index in [9.17, 15) is 14.0 Å². The van der Waals surface area contributed by atoms with Crippen LogP contribution in [0.2, 0.25) is 0 Å². The third kappa shape index (κ3) is 6.17. The van der Waals surface area contributed by atoms with Crippen LogP contribution in [0.1, 0.15) is 10.6 Å². The van der Waals surface area contributed by atoms with Crippen LogP contribution < -0.4 is 10.6 Å². The van der Waals surface area contributed by atoms with Crippen molar-refractivity contribution in [3.05, 3.63) is 54.2 Å². The second-order valence-corrected chi connectivity index (χ2v) is 6.21. The number of piperazine rings is 1. The van der Waals surface area contributed by atoms with Crippen molar-refractivity contribution in [2.45, 2.75) is 0 Å². The molecule has 1 fully saturated rings. The number of nitrogens with zero attached hydrogens (tertiary/aromatic N) is 3. The summed E-state index contributed by atoms with van der Waals surface area (Å²) in [5.41, 5.74) is 0.522. The predicted octanol–water partition coefficient (Wildman–Crippen LogP) is 2.01. The van der Waals surface area contributed by atoms with Crippen LogP contribution in [0.25, 0.3) is 0 Å². The Kier molecular flexibility index (Phi) is 8.43. The van der Waals surface area contributed by atoms with E-state index >= 15 is 0 Å². The van der Waals surface area contributed by atoms with E-state index in [1.807, 2.05) is 4.90 Å². The lowest BCUT2D eigenvalue weighted by Crippen LogP contribution is -2.54. The highest BCUT2D eigenvalue weighted by Crippen LogP contribution is 2.10. The van der Waals surface area contributed by atoms with Crippen LogP contribution in [0.5, 0.6) is 0 Å². The van der Waals surface area contributed by atoms with Crippen LogP contribution in [0.4, 0.5) is 10.1 Å². The molecular weight excluding hydrogens is 492 g/mol. The Balaban J connectivity index is 0.00000300. The Bertz CT molecular complexity index is 834. The van der Waals surface area contributed by atoms with Gasteiger partial charge in [0.1, 0.15) is 5.82 Å². The summed E-state index contributed by atoms with van der Waals surface area (Å²) in [5, 5.41) is 5.69. The van der Waals surface area contributed by atoms with Gasteiger partial charge in [0.25, 0.3) is 5.91 Å². The molecule has 1 aromatic heterocycles. The van der Waals surface area contributed by atoms with Gasteiger partial charge in [-0.15, -0.1) is 24.0 Å². The zero-order valence-electron chi connectivity index (χ0n) is 15.9. The molecule has 1 aromatic carbocycles. The Morgan fingerprint density at radius 3 is 2.34 bits per heavy atom. The lowest BCUT2D eigenvalue weighted by atomic mass is 10.3. The first-order valence-corrected chi connectivity index (χ1v) is 8.90. The molecule has 0 atom stereocenters. The van der Waals surface area contributed by atoms with Gasteiger partial charge in [0.2, 0.25) is 5.91 Å². The average Bonchev–Trinajstić information content (AvgIpc) is 3.25. The largest absolute Gasteiger partial charge is 0.459 e. The molecule has 8 nitrogen and oxygen atoms in total. The molecule has 3 rings (SSSR count). The molecule has 156 valence electrons. The summed E-state index contributed by atoms with van der Waals surface area (Å²) >= 11 is 0. The highest BCUT2D eigenvalue weighted by atomic mass is 127. The number of benzene rings is 1. The highest BCUT2D eigenvalue weighted by Gasteiger charge is 2.25. The maximum absolute atomic E-state index is 12.9. The van der Waals surface area contributed by atoms with Gasteiger partial charge in [0.05, 0.1) is 12.8 Å². The smallest absolute Gasteiger partial charge is 0.289 e. The third-order valence-corrected chi connectivity index (χ3v) is 4.35. The molecule has 1 aliphatic rings. The van der Waals surface area contributed by atoms with Crippen molar-refractivity contribution < 1.29 is 18.4 Å². The number of halogens is 2. The van der Waals surface area contributed by atoms with Gasteiger partial charge in [-0.05, 0) is 36.4 Å². The van der Waals surface area contributed by atoms with Gasteiger partial charge in [-0.1, -0.05) is 0 Å². The van der Waals surface area contributed by atoms with Crippen LogP contribution in [0, 0.1) is 5.82 Å². The first-order chi connectivity index (χ1) is 13.6. The number of nitrogens with one attached hydrogen (secondary N) is 2. The summed E-state index contributed by atoms with van der Waals surface area (Å²) in [6.45, 7) is 2.26. The molecule has 1 aliphatic heterocycles. The second kappa shape index (κ2) is 10.8. The number of carbonyl (C=O) groups excluding carboxylic acids is 2. The van der Waals surface area contributed by atoms with Crippen LogP contribution >= 0.6 is 24.0 Å². The number of anilines is 1. The molecule has 1 saturated heterocycles. The van der Waals surface area contributed by atoms with Crippen molar-refractivity contribution in [3.63, 3.8) is 0 Å². The van der Waals surface area contributed by atoms with Gasteiger partial charge in [0.15, 0.2) is 11.7 Å². The van der Waals surface area contributed by atoms with E-state index in [2.05, 4.69) is 15.6 Å². The quantitative estimate of drug-likeness (QED) is 0.370. The van der Waals surface area contributed by atoms with Crippen LogP contribution in [0.3, 0.4) is 0 Å². The molecule has 10 heteroatoms. The number of furan rings is 1. The van der Waals surface area contributed by atoms with Gasteiger partial charge in [0, 0.05) is 38.9 Å². The first-order valence-electron chi connectivity index (χ1n) is 8.90. The predicted molar refractivity (Wildman–Crippen MR) is 118 cm³/mol. The van der Waals surface area contributed by atoms with Crippen molar-refractivity contribution in [2.24, 2.45) is 4.99 Å². The molecule has 2 amide bonds. The van der Waals surface area contributed by atoms with Crippen LogP contribution in [0.15, 0.2) is 52.1 Å². The Labute approximate surface area is 185 Å². The maximum atomic E-state index is 12.9. The molecule has 0 aliphatic carbocycles. The number of aliphatic imine (C=N–C) groups is 1. The van der Waals surface area contributed by atoms with Gasteiger partial charge >= 0.3 is 0 Å². The van der Waals surface area contributed by atoms with Crippen molar-refractivity contribution >= 4 is 47.4 Å². The van der Waals surface area contributed by atoms with E-state index < -0.39 is 0 Å². The summed E-state index contributed by atoms with van der Waals surface area (Å²) < 4.78 is 18.1. The summed E-state index contributed by atoms with van der Waals surface area (Å²) in [6.07, 6.45) is 1.48. The summed E-state index contributed by atoms with van der Waals surface area (Å²) in [6, 6.07) is 8.90. The van der Waals surface area contributed by atoms with E-state index in [1.165, 1.54) is 30.5 Å². The minimum atomic E-state index is -0.360. The minimum Gasteiger partial charge on any atom is -0.459 e. The number of hydrogen-bond donors (Lipinski definition) is 2. The maximum Gasteiger partial charge on any atom is 0.289 e. The molecule has 0 saturated carbocycles. The number of hydrogen-bond acceptors (Lipinski definition) is 4. The molecule has 2 N–H and O–H groups in total. The molecule has 0 bridgehead atoms. The second-order valence-electron chi connectivity index (χ2n) is 6.21. The van der Waals surface area contributed by atoms with E-state index in [4.69, 9.17) is 4.42 Å². The van der Waals surface area contributed by atoms with Crippen LogP contribution in [-0.4, -0.2) is 67.3 Å². The molecular formula is C19H23FIN5O3. The van der Waals surface area contributed by atoms with E-state index in [1.54, 1.807) is 24.1 Å². The Morgan fingerprint density at radius 1 is 1.10 bits per heavy atom. The minimum absolute atomic E-state index is 0. The Hall–Kier alpha value is -2.63. The fourth-order valence-corrected chi connectivity index (χ4v) is 2.91.